The molecular formula is C27H27F5N2O2. The smallest absolute Gasteiger partial charge is 0.416 e. The fourth-order valence-electron chi connectivity index (χ4n) is 3.85. The van der Waals surface area contributed by atoms with Crippen molar-refractivity contribution in [2.75, 3.05) is 7.05 Å². The Balaban J connectivity index is 1.90. The van der Waals surface area contributed by atoms with Crippen LogP contribution in [0, 0.1) is 6.92 Å². The Morgan fingerprint density at radius 3 is 2.19 bits per heavy atom. The van der Waals surface area contributed by atoms with E-state index >= 15 is 0 Å². The first-order chi connectivity index (χ1) is 17.1. The van der Waals surface area contributed by atoms with E-state index in [1.54, 1.807) is 12.1 Å². The Bertz CT molecular complexity index is 1130. The predicted octanol–water partition coefficient (Wildman–Crippen LogP) is 6.37. The molecule has 3 aromatic rings. The molecule has 0 aliphatic carbocycles. The van der Waals surface area contributed by atoms with E-state index in [-0.39, 0.29) is 11.7 Å². The van der Waals surface area contributed by atoms with E-state index in [4.69, 9.17) is 0 Å². The van der Waals surface area contributed by atoms with Gasteiger partial charge in [0.1, 0.15) is 11.8 Å². The molecule has 0 unspecified atom stereocenters. The summed E-state index contributed by atoms with van der Waals surface area (Å²) in [5.74, 6) is -0.325. The SMILES string of the molecule is CNC(=O)[C@@H](N[C@H](CCc1ccc(C(F)(F)F)cc1)c1cccc(OC(F)F)c1)c1ccc(C)cc1. The van der Waals surface area contributed by atoms with E-state index in [1.807, 2.05) is 31.2 Å². The summed E-state index contributed by atoms with van der Waals surface area (Å²) in [7, 11) is 1.51. The molecule has 9 heteroatoms. The summed E-state index contributed by atoms with van der Waals surface area (Å²) in [6.07, 6.45) is -3.67. The molecule has 0 fully saturated rings. The first-order valence-corrected chi connectivity index (χ1v) is 11.3. The molecule has 0 saturated carbocycles. The van der Waals surface area contributed by atoms with Crippen LogP contribution in [0.5, 0.6) is 5.75 Å². The van der Waals surface area contributed by atoms with E-state index in [2.05, 4.69) is 15.4 Å². The maximum absolute atomic E-state index is 12.9. The fraction of sp³-hybridized carbons (Fsp3) is 0.296. The Hall–Kier alpha value is -3.46. The lowest BCUT2D eigenvalue weighted by Crippen LogP contribution is -2.38. The quantitative estimate of drug-likeness (QED) is 0.315. The lowest BCUT2D eigenvalue weighted by molar-refractivity contribution is -0.137. The summed E-state index contributed by atoms with van der Waals surface area (Å²) >= 11 is 0. The summed E-state index contributed by atoms with van der Waals surface area (Å²) in [5.41, 5.74) is 2.25. The normalized spacial score (nSPS) is 13.3. The molecule has 192 valence electrons. The second-order valence-corrected chi connectivity index (χ2v) is 8.36. The second-order valence-electron chi connectivity index (χ2n) is 8.36. The molecule has 0 saturated heterocycles. The van der Waals surface area contributed by atoms with Gasteiger partial charge in [-0.05, 0) is 60.7 Å². The molecular weight excluding hydrogens is 479 g/mol. The minimum Gasteiger partial charge on any atom is -0.435 e. The molecule has 0 spiro atoms. The van der Waals surface area contributed by atoms with E-state index in [0.717, 1.165) is 17.7 Å². The number of likely N-dealkylation sites (N-methyl/N-ethyl adjacent to an activating group) is 1. The number of carbonyl (C=O) groups excluding carboxylic acids is 1. The van der Waals surface area contributed by atoms with Crippen LogP contribution >= 0.6 is 0 Å². The minimum absolute atomic E-state index is 0.0318. The number of benzene rings is 3. The third-order valence-corrected chi connectivity index (χ3v) is 5.78. The highest BCUT2D eigenvalue weighted by Crippen LogP contribution is 2.31. The molecule has 0 aromatic heterocycles. The second kappa shape index (κ2) is 12.0. The Kier molecular flexibility index (Phi) is 9.03. The molecule has 0 radical (unpaired) electrons. The molecule has 2 N–H and O–H groups in total. The van der Waals surface area contributed by atoms with Gasteiger partial charge < -0.3 is 10.1 Å². The number of hydrogen-bond acceptors (Lipinski definition) is 3. The van der Waals surface area contributed by atoms with E-state index in [9.17, 15) is 26.7 Å². The number of rotatable bonds is 10. The van der Waals surface area contributed by atoms with E-state index < -0.39 is 30.4 Å². The number of aryl methyl sites for hydroxylation is 2. The van der Waals surface area contributed by atoms with Crippen LogP contribution in [0.15, 0.2) is 72.8 Å². The zero-order chi connectivity index (χ0) is 26.3. The number of hydrogen-bond donors (Lipinski definition) is 2. The monoisotopic (exact) mass is 506 g/mol. The summed E-state index contributed by atoms with van der Waals surface area (Å²) in [4.78, 5) is 12.8. The summed E-state index contributed by atoms with van der Waals surface area (Å²) in [5, 5.41) is 5.94. The average Bonchev–Trinajstić information content (AvgIpc) is 2.84. The van der Waals surface area contributed by atoms with Gasteiger partial charge in [-0.15, -0.1) is 0 Å². The van der Waals surface area contributed by atoms with Gasteiger partial charge in [0.15, 0.2) is 0 Å². The van der Waals surface area contributed by atoms with Crippen LogP contribution in [0.2, 0.25) is 0 Å². The highest BCUT2D eigenvalue weighted by molar-refractivity contribution is 5.83. The number of nitrogens with one attached hydrogen (secondary N) is 2. The average molecular weight is 507 g/mol. The maximum Gasteiger partial charge on any atom is 0.416 e. The molecule has 36 heavy (non-hydrogen) atoms. The molecule has 2 atom stereocenters. The number of amides is 1. The van der Waals surface area contributed by atoms with Crippen molar-refractivity contribution < 1.29 is 31.5 Å². The van der Waals surface area contributed by atoms with Crippen molar-refractivity contribution in [1.29, 1.82) is 0 Å². The largest absolute Gasteiger partial charge is 0.435 e. The molecule has 0 aliphatic heterocycles. The van der Waals surface area contributed by atoms with Crippen LogP contribution in [0.4, 0.5) is 22.0 Å². The summed E-state index contributed by atoms with van der Waals surface area (Å²) in [6.45, 7) is -1.07. The van der Waals surface area contributed by atoms with E-state index in [0.29, 0.717) is 29.5 Å². The number of halogens is 5. The highest BCUT2D eigenvalue weighted by atomic mass is 19.4. The zero-order valence-electron chi connectivity index (χ0n) is 19.8. The standard InChI is InChI=1S/C27H27F5N2O2/c1-17-6-11-19(12-7-17)24(25(35)33-2)34-23(20-4-3-5-22(16-20)36-26(28)29)15-10-18-8-13-21(14-9-18)27(30,31)32/h3-9,11-14,16,23-24,26,34H,10,15H2,1-2H3,(H,33,35)/t23-,24+/m1/s1. The summed E-state index contributed by atoms with van der Waals surface area (Å²) in [6, 6.07) is 17.2. The number of ether oxygens (including phenoxy) is 1. The maximum atomic E-state index is 12.9. The molecule has 0 heterocycles. The van der Waals surface area contributed by atoms with Crippen molar-refractivity contribution in [3.63, 3.8) is 0 Å². The molecule has 3 aromatic carbocycles. The van der Waals surface area contributed by atoms with Crippen LogP contribution in [-0.2, 0) is 17.4 Å². The van der Waals surface area contributed by atoms with Crippen LogP contribution in [0.25, 0.3) is 0 Å². The van der Waals surface area contributed by atoms with Gasteiger partial charge in [-0.1, -0.05) is 54.1 Å². The van der Waals surface area contributed by atoms with Crippen LogP contribution in [0.1, 0.15) is 46.3 Å². The van der Waals surface area contributed by atoms with Gasteiger partial charge in [0.05, 0.1) is 5.56 Å². The minimum atomic E-state index is -4.43. The lowest BCUT2D eigenvalue weighted by Gasteiger charge is -2.26. The van der Waals surface area contributed by atoms with Gasteiger partial charge in [-0.2, -0.15) is 22.0 Å². The topological polar surface area (TPSA) is 50.4 Å². The van der Waals surface area contributed by atoms with Crippen LogP contribution < -0.4 is 15.4 Å². The lowest BCUT2D eigenvalue weighted by atomic mass is 9.95. The first-order valence-electron chi connectivity index (χ1n) is 11.3. The highest BCUT2D eigenvalue weighted by Gasteiger charge is 2.30. The van der Waals surface area contributed by atoms with Crippen molar-refractivity contribution in [2.45, 2.75) is 44.6 Å². The van der Waals surface area contributed by atoms with Gasteiger partial charge in [0, 0.05) is 13.1 Å². The van der Waals surface area contributed by atoms with Crippen molar-refractivity contribution in [1.82, 2.24) is 10.6 Å². The van der Waals surface area contributed by atoms with Crippen molar-refractivity contribution in [2.24, 2.45) is 0 Å². The molecule has 4 nitrogen and oxygen atoms in total. The Morgan fingerprint density at radius 2 is 1.61 bits per heavy atom. The van der Waals surface area contributed by atoms with Gasteiger partial charge in [-0.25, -0.2) is 0 Å². The predicted molar refractivity (Wildman–Crippen MR) is 127 cm³/mol. The Morgan fingerprint density at radius 1 is 0.944 bits per heavy atom. The van der Waals surface area contributed by atoms with Gasteiger partial charge in [-0.3, -0.25) is 10.1 Å². The first kappa shape index (κ1) is 27.1. The third-order valence-electron chi connectivity index (χ3n) is 5.78. The number of alkyl halides is 5. The molecule has 3 rings (SSSR count). The number of carbonyl (C=O) groups is 1. The van der Waals surface area contributed by atoms with Crippen molar-refractivity contribution in [3.05, 3.63) is 101 Å². The Labute approximate surface area is 206 Å². The van der Waals surface area contributed by atoms with Crippen molar-refractivity contribution in [3.8, 4) is 5.75 Å². The van der Waals surface area contributed by atoms with Gasteiger partial charge in [0.2, 0.25) is 5.91 Å². The fourth-order valence-corrected chi connectivity index (χ4v) is 3.85. The van der Waals surface area contributed by atoms with E-state index in [1.165, 1.54) is 31.3 Å². The van der Waals surface area contributed by atoms with Crippen molar-refractivity contribution >= 4 is 5.91 Å². The molecule has 0 aliphatic rings. The molecule has 0 bridgehead atoms. The third kappa shape index (κ3) is 7.52. The van der Waals surface area contributed by atoms with Crippen LogP contribution in [0.3, 0.4) is 0 Å². The van der Waals surface area contributed by atoms with Gasteiger partial charge >= 0.3 is 12.8 Å². The zero-order valence-corrected chi connectivity index (χ0v) is 19.8. The summed E-state index contributed by atoms with van der Waals surface area (Å²) < 4.78 is 68.8. The molecule has 1 amide bonds. The van der Waals surface area contributed by atoms with Crippen LogP contribution in [-0.4, -0.2) is 19.6 Å². The van der Waals surface area contributed by atoms with Gasteiger partial charge in [0.25, 0.3) is 0 Å².